The third-order valence-corrected chi connectivity index (χ3v) is 10.9. The molecule has 0 aliphatic heterocycles. The summed E-state index contributed by atoms with van der Waals surface area (Å²) in [6.45, 7) is 2.43. The summed E-state index contributed by atoms with van der Waals surface area (Å²) in [6.07, 6.45) is 0. The van der Waals surface area contributed by atoms with E-state index < -0.39 is 0 Å². The fourth-order valence-electron chi connectivity index (χ4n) is 8.62. The molecule has 0 fully saturated rings. The van der Waals surface area contributed by atoms with Gasteiger partial charge in [0.05, 0.1) is 0 Å². The fraction of sp³-hybridized carbons (Fsp3) is 0.0417. The Bertz CT molecular complexity index is 2720. The maximum atomic E-state index is 2.51. The van der Waals surface area contributed by atoms with E-state index >= 15 is 0 Å². The first kappa shape index (κ1) is 27.2. The van der Waals surface area contributed by atoms with E-state index in [4.69, 9.17) is 0 Å². The molecule has 10 rings (SSSR count). The second kappa shape index (κ2) is 10.3. The molecule has 0 heterocycles. The van der Waals surface area contributed by atoms with Gasteiger partial charge in [0, 0.05) is 5.41 Å². The molecule has 0 saturated carbocycles. The average molecular weight is 609 g/mol. The van der Waals surface area contributed by atoms with E-state index in [-0.39, 0.29) is 5.41 Å². The van der Waals surface area contributed by atoms with Gasteiger partial charge in [0.25, 0.3) is 0 Å². The maximum Gasteiger partial charge on any atom is 0.0435 e. The van der Waals surface area contributed by atoms with Gasteiger partial charge < -0.3 is 0 Å². The van der Waals surface area contributed by atoms with Gasteiger partial charge in [0.1, 0.15) is 0 Å². The smallest absolute Gasteiger partial charge is 0.0435 e. The van der Waals surface area contributed by atoms with Crippen molar-refractivity contribution in [2.24, 2.45) is 0 Å². The SMILES string of the molecule is CC1(c2ccccc2)c2cc(-c3c4ccccc4c(-c4ccccc4)c4ccc5ccccc5c34)ccc2-c2cc3ccccc3cc21. The highest BCUT2D eigenvalue weighted by atomic mass is 14.4. The lowest BCUT2D eigenvalue weighted by Gasteiger charge is -2.29. The molecule has 0 radical (unpaired) electrons. The van der Waals surface area contributed by atoms with Crippen LogP contribution in [-0.4, -0.2) is 0 Å². The molecule has 1 atom stereocenters. The predicted molar refractivity (Wildman–Crippen MR) is 205 cm³/mol. The van der Waals surface area contributed by atoms with Crippen molar-refractivity contribution in [2.45, 2.75) is 12.3 Å². The van der Waals surface area contributed by atoms with Crippen LogP contribution in [0.3, 0.4) is 0 Å². The lowest BCUT2D eigenvalue weighted by Crippen LogP contribution is -2.22. The normalized spacial score (nSPS) is 15.3. The molecular weight excluding hydrogens is 577 g/mol. The minimum absolute atomic E-state index is 0.302. The Morgan fingerprint density at radius 1 is 0.354 bits per heavy atom. The van der Waals surface area contributed by atoms with Crippen molar-refractivity contribution < 1.29 is 0 Å². The van der Waals surface area contributed by atoms with Crippen LogP contribution in [0.2, 0.25) is 0 Å². The topological polar surface area (TPSA) is 0 Å². The third kappa shape index (κ3) is 3.78. The van der Waals surface area contributed by atoms with Crippen molar-refractivity contribution in [3.63, 3.8) is 0 Å². The second-order valence-electron chi connectivity index (χ2n) is 13.4. The molecule has 0 bridgehead atoms. The Hall–Kier alpha value is -5.98. The van der Waals surface area contributed by atoms with E-state index in [2.05, 4.69) is 183 Å². The van der Waals surface area contributed by atoms with E-state index in [1.54, 1.807) is 0 Å². The Morgan fingerprint density at radius 2 is 0.938 bits per heavy atom. The van der Waals surface area contributed by atoms with E-state index in [9.17, 15) is 0 Å². The molecule has 224 valence electrons. The molecule has 0 heteroatoms. The van der Waals surface area contributed by atoms with Crippen LogP contribution in [0, 0.1) is 0 Å². The van der Waals surface area contributed by atoms with Crippen LogP contribution in [0.5, 0.6) is 0 Å². The van der Waals surface area contributed by atoms with E-state index in [0.717, 1.165) is 0 Å². The summed E-state index contributed by atoms with van der Waals surface area (Å²) >= 11 is 0. The van der Waals surface area contributed by atoms with Gasteiger partial charge in [-0.1, -0.05) is 158 Å². The summed E-state index contributed by atoms with van der Waals surface area (Å²) in [5.41, 5.74) is 11.5. The Balaban J connectivity index is 1.34. The van der Waals surface area contributed by atoms with Gasteiger partial charge in [-0.05, 0) is 118 Å². The van der Waals surface area contributed by atoms with Crippen LogP contribution in [0.4, 0.5) is 0 Å². The van der Waals surface area contributed by atoms with Gasteiger partial charge in [0.2, 0.25) is 0 Å². The van der Waals surface area contributed by atoms with Crippen LogP contribution < -0.4 is 0 Å². The summed E-state index contributed by atoms with van der Waals surface area (Å²) < 4.78 is 0. The lowest BCUT2D eigenvalue weighted by atomic mass is 9.73. The molecule has 0 nitrogen and oxygen atoms in total. The predicted octanol–water partition coefficient (Wildman–Crippen LogP) is 13.0. The van der Waals surface area contributed by atoms with Gasteiger partial charge in [-0.2, -0.15) is 0 Å². The van der Waals surface area contributed by atoms with Crippen molar-refractivity contribution in [1.29, 1.82) is 0 Å². The van der Waals surface area contributed by atoms with Crippen LogP contribution in [0.15, 0.2) is 176 Å². The van der Waals surface area contributed by atoms with Crippen molar-refractivity contribution in [3.05, 3.63) is 193 Å². The summed E-state index contributed by atoms with van der Waals surface area (Å²) in [5.74, 6) is 0. The number of rotatable bonds is 3. The molecular formula is C48H32. The largest absolute Gasteiger partial charge is 0.0622 e. The van der Waals surface area contributed by atoms with Gasteiger partial charge in [-0.15, -0.1) is 0 Å². The fourth-order valence-corrected chi connectivity index (χ4v) is 8.62. The highest BCUT2D eigenvalue weighted by Gasteiger charge is 2.41. The first-order valence-electron chi connectivity index (χ1n) is 16.9. The molecule has 48 heavy (non-hydrogen) atoms. The molecule has 0 saturated heterocycles. The van der Waals surface area contributed by atoms with Crippen LogP contribution in [-0.2, 0) is 5.41 Å². The molecule has 0 N–H and O–H groups in total. The molecule has 0 amide bonds. The van der Waals surface area contributed by atoms with E-state index in [1.165, 1.54) is 93.2 Å². The van der Waals surface area contributed by atoms with Crippen LogP contribution in [0.1, 0.15) is 23.6 Å². The highest BCUT2D eigenvalue weighted by Crippen LogP contribution is 2.55. The summed E-state index contributed by atoms with van der Waals surface area (Å²) in [7, 11) is 0. The van der Waals surface area contributed by atoms with Crippen molar-refractivity contribution >= 4 is 43.1 Å². The van der Waals surface area contributed by atoms with Gasteiger partial charge in [-0.3, -0.25) is 0 Å². The molecule has 9 aromatic rings. The zero-order valence-electron chi connectivity index (χ0n) is 26.7. The summed E-state index contributed by atoms with van der Waals surface area (Å²) in [5, 5.41) is 10.3. The zero-order valence-corrected chi connectivity index (χ0v) is 26.7. The standard InChI is InChI=1S/C48H32/c1-48(36-19-6-3-7-20-36)43-30-35(25-26-38(43)42-28-33-17-8-9-18-34(33)29-44(42)48)46-40-23-13-12-22-39(40)45(32-15-4-2-5-16-32)41-27-24-31-14-10-11-21-37(31)47(41)46/h2-30H,1H3. The molecule has 9 aromatic carbocycles. The summed E-state index contributed by atoms with van der Waals surface area (Å²) in [4.78, 5) is 0. The van der Waals surface area contributed by atoms with E-state index in [1.807, 2.05) is 0 Å². The minimum Gasteiger partial charge on any atom is -0.0622 e. The maximum absolute atomic E-state index is 2.51. The van der Waals surface area contributed by atoms with Gasteiger partial charge in [0.15, 0.2) is 0 Å². The quantitative estimate of drug-likeness (QED) is 0.138. The zero-order chi connectivity index (χ0) is 31.8. The van der Waals surface area contributed by atoms with Crippen molar-refractivity contribution in [2.75, 3.05) is 0 Å². The molecule has 1 aliphatic rings. The number of hydrogen-bond acceptors (Lipinski definition) is 0. The number of fused-ring (bicyclic) bond motifs is 8. The van der Waals surface area contributed by atoms with Crippen molar-refractivity contribution in [3.8, 4) is 33.4 Å². The Labute approximate surface area is 280 Å². The molecule has 0 aromatic heterocycles. The van der Waals surface area contributed by atoms with Crippen molar-refractivity contribution in [1.82, 2.24) is 0 Å². The van der Waals surface area contributed by atoms with Gasteiger partial charge in [-0.25, -0.2) is 0 Å². The monoisotopic (exact) mass is 608 g/mol. The molecule has 0 spiro atoms. The first-order chi connectivity index (χ1) is 23.7. The second-order valence-corrected chi connectivity index (χ2v) is 13.4. The summed E-state index contributed by atoms with van der Waals surface area (Å²) in [6, 6.07) is 65.4. The minimum atomic E-state index is -0.302. The lowest BCUT2D eigenvalue weighted by molar-refractivity contribution is 0.715. The van der Waals surface area contributed by atoms with E-state index in [0.29, 0.717) is 0 Å². The van der Waals surface area contributed by atoms with Gasteiger partial charge >= 0.3 is 0 Å². The van der Waals surface area contributed by atoms with Crippen LogP contribution in [0.25, 0.3) is 76.5 Å². The van der Waals surface area contributed by atoms with Crippen LogP contribution >= 0.6 is 0 Å². The number of hydrogen-bond donors (Lipinski definition) is 0. The molecule has 1 aliphatic carbocycles. The number of benzene rings is 9. The average Bonchev–Trinajstić information content (AvgIpc) is 3.40. The first-order valence-corrected chi connectivity index (χ1v) is 16.9. The third-order valence-electron chi connectivity index (χ3n) is 10.9. The molecule has 1 unspecified atom stereocenters. The highest BCUT2D eigenvalue weighted by molar-refractivity contribution is 6.28. The Kier molecular flexibility index (Phi) is 5.81. The Morgan fingerprint density at radius 3 is 1.69 bits per heavy atom.